The number of rotatable bonds is 7. The minimum Gasteiger partial charge on any atom is -0.496 e. The van der Waals surface area contributed by atoms with E-state index >= 15 is 0 Å². The Balaban J connectivity index is 1.98. The van der Waals surface area contributed by atoms with Crippen molar-refractivity contribution in [3.63, 3.8) is 0 Å². The van der Waals surface area contributed by atoms with Gasteiger partial charge in [-0.15, -0.1) is 0 Å². The average Bonchev–Trinajstić information content (AvgIpc) is 3.16. The lowest BCUT2D eigenvalue weighted by Crippen LogP contribution is -2.62. The average molecular weight is 452 g/mol. The smallest absolute Gasteiger partial charge is 0.255 e. The predicted molar refractivity (Wildman–Crippen MR) is 123 cm³/mol. The zero-order valence-electron chi connectivity index (χ0n) is 19.0. The molecule has 1 saturated heterocycles. The third-order valence-corrected chi connectivity index (χ3v) is 8.95. The highest BCUT2D eigenvalue weighted by Crippen LogP contribution is 2.37. The fourth-order valence-electron chi connectivity index (χ4n) is 5.21. The summed E-state index contributed by atoms with van der Waals surface area (Å²) in [5.41, 5.74) is 5.87. The van der Waals surface area contributed by atoms with E-state index in [1.54, 1.807) is 6.92 Å². The second-order valence-corrected chi connectivity index (χ2v) is 11.3. The Hall–Kier alpha value is -1.80. The van der Waals surface area contributed by atoms with Gasteiger partial charge in [-0.05, 0) is 51.1 Å². The molecule has 3 rings (SSSR count). The first kappa shape index (κ1) is 23.9. The van der Waals surface area contributed by atoms with Crippen LogP contribution in [0.4, 0.5) is 5.69 Å². The molecule has 2 fully saturated rings. The number of amides is 1. The van der Waals surface area contributed by atoms with E-state index in [9.17, 15) is 13.2 Å². The molecular formula is C23H37N3O4S. The van der Waals surface area contributed by atoms with Crippen molar-refractivity contribution >= 4 is 21.4 Å². The van der Waals surface area contributed by atoms with Crippen LogP contribution in [0, 0.1) is 5.92 Å². The highest BCUT2D eigenvalue weighted by molar-refractivity contribution is 7.91. The first-order chi connectivity index (χ1) is 14.7. The molecular weight excluding hydrogens is 414 g/mol. The van der Waals surface area contributed by atoms with Gasteiger partial charge in [0.1, 0.15) is 5.75 Å². The van der Waals surface area contributed by atoms with E-state index in [4.69, 9.17) is 10.5 Å². The van der Waals surface area contributed by atoms with Gasteiger partial charge in [0.2, 0.25) is 0 Å². The highest BCUT2D eigenvalue weighted by atomic mass is 32.2. The first-order valence-corrected chi connectivity index (χ1v) is 13.1. The lowest BCUT2D eigenvalue weighted by atomic mass is 9.74. The number of carbonyl (C=O) groups is 1. The molecule has 0 spiro atoms. The molecule has 1 aliphatic carbocycles. The Morgan fingerprint density at radius 3 is 2.42 bits per heavy atom. The molecule has 31 heavy (non-hydrogen) atoms. The Labute approximate surface area is 186 Å². The van der Waals surface area contributed by atoms with Crippen molar-refractivity contribution in [3.05, 3.63) is 17.7 Å². The fourth-order valence-corrected chi connectivity index (χ4v) is 6.23. The number of carbonyl (C=O) groups excluding carboxylic acids is 1. The van der Waals surface area contributed by atoms with Crippen molar-refractivity contribution in [1.82, 2.24) is 10.6 Å². The summed E-state index contributed by atoms with van der Waals surface area (Å²) in [7, 11) is -2.11. The number of benzene rings is 1. The molecule has 2 atom stereocenters. The Kier molecular flexibility index (Phi) is 7.52. The third-order valence-electron chi connectivity index (χ3n) is 7.16. The summed E-state index contributed by atoms with van der Waals surface area (Å²) < 4.78 is 30.4. The maximum absolute atomic E-state index is 13.5. The molecule has 4 N–H and O–H groups in total. The van der Waals surface area contributed by atoms with E-state index < -0.39 is 15.4 Å². The summed E-state index contributed by atoms with van der Waals surface area (Å²) in [6.45, 7) is 4.66. The van der Waals surface area contributed by atoms with Gasteiger partial charge < -0.3 is 21.1 Å². The molecule has 1 aliphatic heterocycles. The van der Waals surface area contributed by atoms with Gasteiger partial charge in [-0.3, -0.25) is 4.79 Å². The SMILES string of the molecule is CCS(=O)(=O)c1cc(C(=O)NC(C)(C2CCCCCC2)C2CCCN2)c(OC)cc1N. The summed E-state index contributed by atoms with van der Waals surface area (Å²) in [4.78, 5) is 13.5. The molecule has 1 aromatic rings. The Morgan fingerprint density at radius 2 is 1.87 bits per heavy atom. The first-order valence-electron chi connectivity index (χ1n) is 11.5. The lowest BCUT2D eigenvalue weighted by molar-refractivity contribution is 0.0804. The van der Waals surface area contributed by atoms with Gasteiger partial charge in [0.15, 0.2) is 9.84 Å². The van der Waals surface area contributed by atoms with Crippen molar-refractivity contribution in [2.45, 2.75) is 81.7 Å². The summed E-state index contributed by atoms with van der Waals surface area (Å²) in [6, 6.07) is 3.00. The molecule has 2 unspecified atom stereocenters. The lowest BCUT2D eigenvalue weighted by Gasteiger charge is -2.43. The van der Waals surface area contributed by atoms with Crippen LogP contribution in [0.1, 0.15) is 75.6 Å². The Bertz CT molecular complexity index is 888. The van der Waals surface area contributed by atoms with Crippen LogP contribution in [0.5, 0.6) is 5.75 Å². The normalized spacial score (nSPS) is 22.5. The number of hydrogen-bond donors (Lipinski definition) is 3. The van der Waals surface area contributed by atoms with Crippen LogP contribution in [0.15, 0.2) is 17.0 Å². The largest absolute Gasteiger partial charge is 0.496 e. The van der Waals surface area contributed by atoms with Gasteiger partial charge in [-0.2, -0.15) is 0 Å². The van der Waals surface area contributed by atoms with Gasteiger partial charge >= 0.3 is 0 Å². The maximum Gasteiger partial charge on any atom is 0.255 e. The summed E-state index contributed by atoms with van der Waals surface area (Å²) >= 11 is 0. The van der Waals surface area contributed by atoms with Crippen LogP contribution in [0.2, 0.25) is 0 Å². The number of nitrogen functional groups attached to an aromatic ring is 1. The molecule has 0 aromatic heterocycles. The summed E-state index contributed by atoms with van der Waals surface area (Å²) in [5.74, 6) is 0.252. The van der Waals surface area contributed by atoms with Gasteiger partial charge in [0.05, 0.1) is 34.5 Å². The van der Waals surface area contributed by atoms with E-state index in [2.05, 4.69) is 17.6 Å². The monoisotopic (exact) mass is 451 g/mol. The molecule has 1 saturated carbocycles. The highest BCUT2D eigenvalue weighted by Gasteiger charge is 2.44. The van der Waals surface area contributed by atoms with Gasteiger partial charge in [0.25, 0.3) is 5.91 Å². The van der Waals surface area contributed by atoms with Crippen LogP contribution >= 0.6 is 0 Å². The fraction of sp³-hybridized carbons (Fsp3) is 0.696. The number of sulfone groups is 1. The number of methoxy groups -OCH3 is 1. The number of anilines is 1. The second-order valence-electron chi connectivity index (χ2n) is 9.07. The van der Waals surface area contributed by atoms with Crippen LogP contribution in [-0.4, -0.2) is 45.3 Å². The van der Waals surface area contributed by atoms with Crippen molar-refractivity contribution < 1.29 is 17.9 Å². The van der Waals surface area contributed by atoms with Gasteiger partial charge in [-0.1, -0.05) is 32.6 Å². The van der Waals surface area contributed by atoms with Gasteiger partial charge in [0, 0.05) is 12.1 Å². The van der Waals surface area contributed by atoms with Crippen LogP contribution < -0.4 is 21.1 Å². The van der Waals surface area contributed by atoms with E-state index in [0.29, 0.717) is 5.92 Å². The zero-order valence-corrected chi connectivity index (χ0v) is 19.8. The summed E-state index contributed by atoms with van der Waals surface area (Å²) in [6.07, 6.45) is 9.10. The van der Waals surface area contributed by atoms with Crippen LogP contribution in [0.3, 0.4) is 0 Å². The van der Waals surface area contributed by atoms with Crippen LogP contribution in [-0.2, 0) is 9.84 Å². The predicted octanol–water partition coefficient (Wildman–Crippen LogP) is 3.28. The van der Waals surface area contributed by atoms with Crippen molar-refractivity contribution in [3.8, 4) is 5.75 Å². The van der Waals surface area contributed by atoms with Crippen molar-refractivity contribution in [2.24, 2.45) is 5.92 Å². The van der Waals surface area contributed by atoms with E-state index in [0.717, 1.165) is 32.2 Å². The summed E-state index contributed by atoms with van der Waals surface area (Å²) in [5, 5.41) is 6.92. The maximum atomic E-state index is 13.5. The second kappa shape index (κ2) is 9.77. The molecule has 0 bridgehead atoms. The van der Waals surface area contributed by atoms with Gasteiger partial charge in [-0.25, -0.2) is 8.42 Å². The molecule has 1 aromatic carbocycles. The van der Waals surface area contributed by atoms with E-state index in [1.807, 2.05) is 0 Å². The minimum atomic E-state index is -3.57. The number of ether oxygens (including phenoxy) is 1. The van der Waals surface area contributed by atoms with Crippen molar-refractivity contribution in [2.75, 3.05) is 25.1 Å². The number of nitrogens with two attached hydrogens (primary N) is 1. The Morgan fingerprint density at radius 1 is 1.19 bits per heavy atom. The van der Waals surface area contributed by atoms with Crippen LogP contribution in [0.25, 0.3) is 0 Å². The molecule has 2 aliphatic rings. The van der Waals surface area contributed by atoms with E-state index in [-0.39, 0.29) is 39.6 Å². The number of nitrogens with one attached hydrogen (secondary N) is 2. The quantitative estimate of drug-likeness (QED) is 0.433. The standard InChI is InChI=1S/C23H37N3O4S/c1-4-31(28,29)20-14-17(19(30-3)15-18(20)24)22(27)26-23(2,21-12-9-13-25-21)16-10-7-5-6-8-11-16/h14-16,21,25H,4-13,24H2,1-3H3,(H,26,27). The molecule has 0 radical (unpaired) electrons. The molecule has 1 heterocycles. The third kappa shape index (κ3) is 5.00. The number of hydrogen-bond acceptors (Lipinski definition) is 6. The molecule has 1 amide bonds. The molecule has 7 nitrogen and oxygen atoms in total. The molecule has 174 valence electrons. The van der Waals surface area contributed by atoms with E-state index in [1.165, 1.54) is 44.9 Å². The topological polar surface area (TPSA) is 111 Å². The minimum absolute atomic E-state index is 0.0175. The molecule has 8 heteroatoms. The zero-order chi connectivity index (χ0) is 22.6. The van der Waals surface area contributed by atoms with Crippen molar-refractivity contribution in [1.29, 1.82) is 0 Å².